The number of aromatic nitrogens is 1. The maximum absolute atomic E-state index is 12.2. The van der Waals surface area contributed by atoms with E-state index >= 15 is 0 Å². The first-order valence-electron chi connectivity index (χ1n) is 14.3. The average molecular weight is 517 g/mol. The molecule has 4 aromatic carbocycles. The number of likely N-dealkylation sites (tertiary alicyclic amines) is 1. The molecular weight excluding hydrogens is 480 g/mol. The van der Waals surface area contributed by atoms with Crippen LogP contribution < -0.4 is 4.74 Å². The molecule has 4 heteroatoms. The minimum absolute atomic E-state index is 0.0323. The highest BCUT2D eigenvalue weighted by molar-refractivity contribution is 6.02. The zero-order valence-electron chi connectivity index (χ0n) is 22.8. The fourth-order valence-corrected chi connectivity index (χ4v) is 7.47. The van der Waals surface area contributed by atoms with Crippen LogP contribution in [0.2, 0.25) is 0 Å². The van der Waals surface area contributed by atoms with Crippen LogP contribution >= 0.6 is 0 Å². The lowest BCUT2D eigenvalue weighted by Crippen LogP contribution is -2.46. The molecule has 2 fully saturated rings. The summed E-state index contributed by atoms with van der Waals surface area (Å²) >= 11 is 0. The fourth-order valence-electron chi connectivity index (χ4n) is 7.47. The summed E-state index contributed by atoms with van der Waals surface area (Å²) in [6.45, 7) is 4.15. The van der Waals surface area contributed by atoms with Crippen molar-refractivity contribution < 1.29 is 9.84 Å². The molecule has 0 radical (unpaired) electrons. The van der Waals surface area contributed by atoms with Gasteiger partial charge in [0.05, 0.1) is 18.7 Å². The summed E-state index contributed by atoms with van der Waals surface area (Å²) in [5, 5.41) is 18.3. The van der Waals surface area contributed by atoms with Crippen LogP contribution in [0.5, 0.6) is 5.75 Å². The first-order valence-corrected chi connectivity index (χ1v) is 14.3. The molecule has 1 aromatic heterocycles. The molecule has 2 aliphatic rings. The van der Waals surface area contributed by atoms with Crippen LogP contribution in [0, 0.1) is 11.3 Å². The largest absolute Gasteiger partial charge is 0.497 e. The number of fused-ring (bicyclic) bond motifs is 3. The second-order valence-corrected chi connectivity index (χ2v) is 11.7. The molecule has 0 bridgehead atoms. The summed E-state index contributed by atoms with van der Waals surface area (Å²) in [5.41, 5.74) is 3.57. The molecule has 4 atom stereocenters. The number of piperidine rings is 1. The molecular formula is C35H36N2O2. The highest BCUT2D eigenvalue weighted by atomic mass is 16.5. The Labute approximate surface area is 230 Å². The summed E-state index contributed by atoms with van der Waals surface area (Å²) in [6, 6.07) is 27.8. The molecule has 4 unspecified atom stereocenters. The normalized spacial score (nSPS) is 24.0. The van der Waals surface area contributed by atoms with Gasteiger partial charge in [0.25, 0.3) is 0 Å². The van der Waals surface area contributed by atoms with Gasteiger partial charge in [0, 0.05) is 24.2 Å². The minimum Gasteiger partial charge on any atom is -0.497 e. The van der Waals surface area contributed by atoms with E-state index in [0.29, 0.717) is 5.41 Å². The van der Waals surface area contributed by atoms with Gasteiger partial charge in [-0.2, -0.15) is 0 Å². The van der Waals surface area contributed by atoms with Gasteiger partial charge < -0.3 is 9.84 Å². The van der Waals surface area contributed by atoms with Gasteiger partial charge in [0.2, 0.25) is 0 Å². The van der Waals surface area contributed by atoms with Crippen molar-refractivity contribution in [3.8, 4) is 5.75 Å². The van der Waals surface area contributed by atoms with Crippen LogP contribution in [-0.4, -0.2) is 34.7 Å². The van der Waals surface area contributed by atoms with Crippen LogP contribution in [0.15, 0.2) is 85.1 Å². The molecule has 1 saturated carbocycles. The van der Waals surface area contributed by atoms with E-state index in [9.17, 15) is 5.11 Å². The third-order valence-corrected chi connectivity index (χ3v) is 9.74. The molecule has 1 saturated heterocycles. The molecule has 7 rings (SSSR count). The molecule has 4 nitrogen and oxygen atoms in total. The maximum Gasteiger partial charge on any atom is 0.119 e. The van der Waals surface area contributed by atoms with Crippen LogP contribution in [0.4, 0.5) is 0 Å². The highest BCUT2D eigenvalue weighted by Crippen LogP contribution is 2.63. The van der Waals surface area contributed by atoms with E-state index in [1.165, 1.54) is 46.4 Å². The van der Waals surface area contributed by atoms with Gasteiger partial charge in [-0.1, -0.05) is 61.9 Å². The fraction of sp³-hybridized carbons (Fsp3) is 0.343. The van der Waals surface area contributed by atoms with E-state index < -0.39 is 6.10 Å². The van der Waals surface area contributed by atoms with E-state index in [0.717, 1.165) is 47.6 Å². The third kappa shape index (κ3) is 4.18. The molecule has 1 aliphatic heterocycles. The summed E-state index contributed by atoms with van der Waals surface area (Å²) in [4.78, 5) is 7.16. The Morgan fingerprint density at radius 3 is 2.38 bits per heavy atom. The van der Waals surface area contributed by atoms with E-state index in [1.54, 1.807) is 7.11 Å². The Kier molecular flexibility index (Phi) is 6.06. The monoisotopic (exact) mass is 516 g/mol. The predicted molar refractivity (Wildman–Crippen MR) is 159 cm³/mol. The number of rotatable bonds is 6. The Balaban J connectivity index is 1.32. The second kappa shape index (κ2) is 9.62. The van der Waals surface area contributed by atoms with Crippen molar-refractivity contribution in [1.29, 1.82) is 0 Å². The van der Waals surface area contributed by atoms with Gasteiger partial charge >= 0.3 is 0 Å². The van der Waals surface area contributed by atoms with Crippen LogP contribution in [0.1, 0.15) is 49.8 Å². The summed E-state index contributed by atoms with van der Waals surface area (Å²) in [7, 11) is 1.69. The van der Waals surface area contributed by atoms with Crippen molar-refractivity contribution in [3.05, 3.63) is 96.2 Å². The van der Waals surface area contributed by atoms with Gasteiger partial charge in [-0.05, 0) is 100 Å². The standard InChI is InChI=1S/C35H36N2O2/c1-3-25-20-35(25)15-17-37(22-31-27-10-6-4-8-23(27)18-24-9-5-7-11-28(24)31)33(21-35)34(38)29-14-16-36-32-13-12-26(39-2)19-30(29)32/h4-14,16,18-19,25,33-34,38H,3,15,17,20-22H2,1-2H3. The van der Waals surface area contributed by atoms with Crippen molar-refractivity contribution >= 4 is 32.4 Å². The van der Waals surface area contributed by atoms with Crippen LogP contribution in [-0.2, 0) is 6.54 Å². The topological polar surface area (TPSA) is 45.6 Å². The number of hydrogen-bond acceptors (Lipinski definition) is 4. The Hall–Kier alpha value is -3.47. The summed E-state index contributed by atoms with van der Waals surface area (Å²) < 4.78 is 5.54. The van der Waals surface area contributed by atoms with Crippen LogP contribution in [0.3, 0.4) is 0 Å². The lowest BCUT2D eigenvalue weighted by molar-refractivity contribution is -0.00495. The maximum atomic E-state index is 12.2. The van der Waals surface area contributed by atoms with Gasteiger partial charge in [0.15, 0.2) is 0 Å². The van der Waals surface area contributed by atoms with Crippen LogP contribution in [0.25, 0.3) is 32.4 Å². The number of nitrogens with zero attached hydrogens (tertiary/aromatic N) is 2. The average Bonchev–Trinajstić information content (AvgIpc) is 3.68. The number of aliphatic hydroxyl groups is 1. The number of benzene rings is 4. The van der Waals surface area contributed by atoms with E-state index in [-0.39, 0.29) is 6.04 Å². The quantitative estimate of drug-likeness (QED) is 0.235. The molecule has 1 N–H and O–H groups in total. The van der Waals surface area contributed by atoms with Gasteiger partial charge in [-0.25, -0.2) is 0 Å². The molecule has 1 spiro atoms. The summed E-state index contributed by atoms with van der Waals surface area (Å²) in [6.07, 6.45) is 5.99. The Bertz CT molecular complexity index is 1630. The number of aliphatic hydroxyl groups excluding tert-OH is 1. The smallest absolute Gasteiger partial charge is 0.119 e. The SMILES string of the molecule is CCC1CC12CCN(Cc1c3ccccc3cc3ccccc13)C(C(O)c1ccnc3ccc(OC)cc13)C2. The number of hydrogen-bond donors (Lipinski definition) is 1. The lowest BCUT2D eigenvalue weighted by Gasteiger charge is -2.43. The molecule has 1 aliphatic carbocycles. The Morgan fingerprint density at radius 2 is 1.69 bits per heavy atom. The van der Waals surface area contributed by atoms with Crippen molar-refractivity contribution in [2.75, 3.05) is 13.7 Å². The molecule has 198 valence electrons. The van der Waals surface area contributed by atoms with Crippen molar-refractivity contribution in [1.82, 2.24) is 9.88 Å². The predicted octanol–water partition coefficient (Wildman–Crippen LogP) is 7.66. The molecule has 39 heavy (non-hydrogen) atoms. The zero-order chi connectivity index (χ0) is 26.6. The number of pyridine rings is 1. The zero-order valence-corrected chi connectivity index (χ0v) is 22.8. The van der Waals surface area contributed by atoms with Gasteiger partial charge in [-0.15, -0.1) is 0 Å². The molecule has 5 aromatic rings. The minimum atomic E-state index is -0.612. The van der Waals surface area contributed by atoms with Crippen molar-refractivity contribution in [2.24, 2.45) is 11.3 Å². The molecule has 0 amide bonds. The van der Waals surface area contributed by atoms with Crippen molar-refractivity contribution in [3.63, 3.8) is 0 Å². The van der Waals surface area contributed by atoms with Gasteiger partial charge in [0.1, 0.15) is 5.75 Å². The number of ether oxygens (including phenoxy) is 1. The second-order valence-electron chi connectivity index (χ2n) is 11.7. The van der Waals surface area contributed by atoms with Crippen molar-refractivity contribution in [2.45, 2.75) is 51.3 Å². The van der Waals surface area contributed by atoms with E-state index in [2.05, 4.69) is 71.4 Å². The van der Waals surface area contributed by atoms with E-state index in [4.69, 9.17) is 4.74 Å². The van der Waals surface area contributed by atoms with Gasteiger partial charge in [-0.3, -0.25) is 9.88 Å². The lowest BCUT2D eigenvalue weighted by atomic mass is 9.81. The first kappa shape index (κ1) is 24.6. The highest BCUT2D eigenvalue weighted by Gasteiger charge is 2.56. The molecule has 2 heterocycles. The Morgan fingerprint density at radius 1 is 0.949 bits per heavy atom. The first-order chi connectivity index (χ1) is 19.1. The third-order valence-electron chi connectivity index (χ3n) is 9.74. The summed E-state index contributed by atoms with van der Waals surface area (Å²) in [5.74, 6) is 1.57. The van der Waals surface area contributed by atoms with E-state index in [1.807, 2.05) is 30.5 Å². The number of methoxy groups -OCH3 is 1.